The van der Waals surface area contributed by atoms with Gasteiger partial charge in [-0.2, -0.15) is 5.10 Å². The molecule has 0 aliphatic heterocycles. The van der Waals surface area contributed by atoms with Crippen LogP contribution < -0.4 is 0 Å². The van der Waals surface area contributed by atoms with Gasteiger partial charge < -0.3 is 0 Å². The van der Waals surface area contributed by atoms with Gasteiger partial charge in [0.2, 0.25) is 0 Å². The summed E-state index contributed by atoms with van der Waals surface area (Å²) in [6.07, 6.45) is 2.53. The van der Waals surface area contributed by atoms with Gasteiger partial charge in [0.1, 0.15) is 0 Å². The lowest BCUT2D eigenvalue weighted by molar-refractivity contribution is 0.0927. The molecule has 20 heavy (non-hydrogen) atoms. The predicted octanol–water partition coefficient (Wildman–Crippen LogP) is 3.10. The van der Waals surface area contributed by atoms with Crippen LogP contribution in [0.25, 0.3) is 5.82 Å². The number of nitrogens with zero attached hydrogens (tertiary/aromatic N) is 3. The van der Waals surface area contributed by atoms with Crippen molar-refractivity contribution >= 4 is 21.7 Å². The van der Waals surface area contributed by atoms with Gasteiger partial charge in [0.25, 0.3) is 0 Å². The van der Waals surface area contributed by atoms with Gasteiger partial charge in [-0.05, 0) is 30.9 Å². The molecule has 0 unspecified atom stereocenters. The molecule has 0 aromatic carbocycles. The Morgan fingerprint density at radius 1 is 1.40 bits per heavy atom. The van der Waals surface area contributed by atoms with Crippen molar-refractivity contribution in [1.82, 2.24) is 14.8 Å². The number of alkyl halides is 1. The number of Topliss-reactive ketones (excluding diaryl/α,β-unsaturated/α-hetero) is 1. The lowest BCUT2D eigenvalue weighted by atomic mass is 9.75. The van der Waals surface area contributed by atoms with Gasteiger partial charge in [-0.25, -0.2) is 9.67 Å². The van der Waals surface area contributed by atoms with Gasteiger partial charge in [0.05, 0.1) is 21.8 Å². The Hall–Kier alpha value is -1.49. The van der Waals surface area contributed by atoms with Gasteiger partial charge in [-0.15, -0.1) is 0 Å². The first-order chi connectivity index (χ1) is 9.42. The Morgan fingerprint density at radius 3 is 2.80 bits per heavy atom. The van der Waals surface area contributed by atoms with E-state index in [1.807, 2.05) is 29.8 Å². The van der Waals surface area contributed by atoms with Crippen molar-refractivity contribution in [3.63, 3.8) is 0 Å². The second kappa shape index (κ2) is 4.52. The van der Waals surface area contributed by atoms with E-state index in [1.165, 1.54) is 0 Å². The fourth-order valence-electron chi connectivity index (χ4n) is 2.73. The van der Waals surface area contributed by atoms with Gasteiger partial charge in [0.15, 0.2) is 11.6 Å². The summed E-state index contributed by atoms with van der Waals surface area (Å²) >= 11 is 3.54. The maximum Gasteiger partial charge on any atom is 0.180 e. The van der Waals surface area contributed by atoms with E-state index in [0.717, 1.165) is 29.2 Å². The van der Waals surface area contributed by atoms with Crippen LogP contribution in [0.2, 0.25) is 0 Å². The zero-order chi connectivity index (χ0) is 14.5. The minimum atomic E-state index is -0.164. The summed E-state index contributed by atoms with van der Waals surface area (Å²) in [5.74, 6) is 0.879. The zero-order valence-electron chi connectivity index (χ0n) is 11.7. The molecule has 0 bridgehead atoms. The minimum Gasteiger partial charge on any atom is -0.293 e. The molecule has 2 heterocycles. The Morgan fingerprint density at radius 2 is 2.15 bits per heavy atom. The van der Waals surface area contributed by atoms with Crippen LogP contribution in [0.5, 0.6) is 0 Å². The number of carbonyl (C=O) groups is 1. The monoisotopic (exact) mass is 333 g/mol. The Balaban J connectivity index is 2.21. The van der Waals surface area contributed by atoms with E-state index in [1.54, 1.807) is 6.20 Å². The molecule has 1 aliphatic carbocycles. The molecular weight excluding hydrogens is 318 g/mol. The smallest absolute Gasteiger partial charge is 0.180 e. The highest BCUT2D eigenvalue weighted by Crippen LogP contribution is 2.40. The lowest BCUT2D eigenvalue weighted by Gasteiger charge is -2.34. The van der Waals surface area contributed by atoms with Crippen LogP contribution in [0, 0.1) is 12.3 Å². The van der Waals surface area contributed by atoms with Crippen molar-refractivity contribution in [2.45, 2.75) is 32.0 Å². The minimum absolute atomic E-state index is 0.121. The molecule has 0 radical (unpaired) electrons. The third kappa shape index (κ3) is 1.92. The van der Waals surface area contributed by atoms with Crippen molar-refractivity contribution in [3.05, 3.63) is 41.3 Å². The first-order valence-electron chi connectivity index (χ1n) is 6.60. The van der Waals surface area contributed by atoms with Crippen LogP contribution in [0.4, 0.5) is 0 Å². The molecule has 3 rings (SSSR count). The van der Waals surface area contributed by atoms with Crippen LogP contribution in [0.1, 0.15) is 35.6 Å². The molecule has 5 heteroatoms. The molecular formula is C15H16BrN3O. The van der Waals surface area contributed by atoms with E-state index in [4.69, 9.17) is 0 Å². The topological polar surface area (TPSA) is 47.8 Å². The Bertz CT molecular complexity index is 676. The van der Waals surface area contributed by atoms with E-state index >= 15 is 0 Å². The number of aryl methyl sites for hydroxylation is 1. The predicted molar refractivity (Wildman–Crippen MR) is 80.6 cm³/mol. The van der Waals surface area contributed by atoms with Crippen LogP contribution in [0.15, 0.2) is 24.4 Å². The summed E-state index contributed by atoms with van der Waals surface area (Å²) in [5, 5.41) is 4.53. The molecule has 0 saturated heterocycles. The summed E-state index contributed by atoms with van der Waals surface area (Å²) in [4.78, 5) is 16.8. The molecule has 2 aromatic heterocycles. The third-order valence-corrected chi connectivity index (χ3v) is 5.46. The molecule has 104 valence electrons. The second-order valence-electron chi connectivity index (χ2n) is 5.90. The summed E-state index contributed by atoms with van der Waals surface area (Å²) < 4.78 is 1.81. The highest BCUT2D eigenvalue weighted by atomic mass is 79.9. The SMILES string of the molecule is Cc1nn(-c2ccccn2)c2c1C(=O)[C@@H](Br)C(C)(C)C2. The number of halogens is 1. The average Bonchev–Trinajstić information content (AvgIpc) is 2.73. The maximum atomic E-state index is 12.6. The average molecular weight is 334 g/mol. The number of rotatable bonds is 1. The molecule has 0 amide bonds. The number of aromatic nitrogens is 3. The fourth-order valence-corrected chi connectivity index (χ4v) is 3.12. The number of ketones is 1. The summed E-state index contributed by atoms with van der Waals surface area (Å²) in [7, 11) is 0. The summed E-state index contributed by atoms with van der Waals surface area (Å²) in [6.45, 7) is 6.07. The standard InChI is InChI=1S/C15H16BrN3O/c1-9-12-10(8-15(2,3)14(16)13(12)20)19(18-9)11-6-4-5-7-17-11/h4-7,14H,8H2,1-3H3/t14-/m1/s1. The number of hydrogen-bond acceptors (Lipinski definition) is 3. The lowest BCUT2D eigenvalue weighted by Crippen LogP contribution is -2.39. The first kappa shape index (κ1) is 13.5. The molecule has 1 aliphatic rings. The van der Waals surface area contributed by atoms with E-state index < -0.39 is 0 Å². The van der Waals surface area contributed by atoms with Crippen LogP contribution in [0.3, 0.4) is 0 Å². The number of pyridine rings is 1. The number of hydrogen-bond donors (Lipinski definition) is 0. The first-order valence-corrected chi connectivity index (χ1v) is 7.51. The normalized spacial score (nSPS) is 20.8. The van der Waals surface area contributed by atoms with Crippen molar-refractivity contribution in [3.8, 4) is 5.82 Å². The molecule has 0 N–H and O–H groups in total. The van der Waals surface area contributed by atoms with E-state index in [9.17, 15) is 4.79 Å². The molecule has 0 spiro atoms. The number of carbonyl (C=O) groups excluding carboxylic acids is 1. The Labute approximate surface area is 126 Å². The van der Waals surface area contributed by atoms with E-state index in [-0.39, 0.29) is 16.0 Å². The number of fused-ring (bicyclic) bond motifs is 1. The summed E-state index contributed by atoms with van der Waals surface area (Å²) in [5.41, 5.74) is 2.35. The second-order valence-corrected chi connectivity index (χ2v) is 6.81. The maximum absolute atomic E-state index is 12.6. The largest absolute Gasteiger partial charge is 0.293 e. The Kier molecular flexibility index (Phi) is 3.05. The van der Waals surface area contributed by atoms with Crippen molar-refractivity contribution in [2.75, 3.05) is 0 Å². The fraction of sp³-hybridized carbons (Fsp3) is 0.400. The molecule has 2 aromatic rings. The van der Waals surface area contributed by atoms with Crippen LogP contribution in [-0.2, 0) is 6.42 Å². The molecule has 1 atom stereocenters. The van der Waals surface area contributed by atoms with E-state index in [0.29, 0.717) is 0 Å². The van der Waals surface area contributed by atoms with Crippen molar-refractivity contribution < 1.29 is 4.79 Å². The van der Waals surface area contributed by atoms with E-state index in [2.05, 4.69) is 39.9 Å². The van der Waals surface area contributed by atoms with Crippen molar-refractivity contribution in [1.29, 1.82) is 0 Å². The zero-order valence-corrected chi connectivity index (χ0v) is 13.3. The van der Waals surface area contributed by atoms with Crippen molar-refractivity contribution in [2.24, 2.45) is 5.41 Å². The van der Waals surface area contributed by atoms with Gasteiger partial charge in [-0.1, -0.05) is 35.8 Å². The van der Waals surface area contributed by atoms with Crippen LogP contribution in [-0.4, -0.2) is 25.4 Å². The van der Waals surface area contributed by atoms with Gasteiger partial charge >= 0.3 is 0 Å². The third-order valence-electron chi connectivity index (χ3n) is 3.81. The quantitative estimate of drug-likeness (QED) is 0.753. The molecule has 4 nitrogen and oxygen atoms in total. The summed E-state index contributed by atoms with van der Waals surface area (Å²) in [6, 6.07) is 5.70. The molecule has 0 saturated carbocycles. The molecule has 0 fully saturated rings. The van der Waals surface area contributed by atoms with Gasteiger partial charge in [-0.3, -0.25) is 4.79 Å². The highest BCUT2D eigenvalue weighted by molar-refractivity contribution is 9.10. The highest BCUT2D eigenvalue weighted by Gasteiger charge is 2.43. The van der Waals surface area contributed by atoms with Crippen LogP contribution >= 0.6 is 15.9 Å². The van der Waals surface area contributed by atoms with Gasteiger partial charge in [0, 0.05) is 6.20 Å².